The molecule has 2 aromatic rings. The zero-order chi connectivity index (χ0) is 13.4. The number of fused-ring (bicyclic) bond motifs is 3. The Balaban J connectivity index is 1.54. The summed E-state index contributed by atoms with van der Waals surface area (Å²) >= 11 is 0. The van der Waals surface area contributed by atoms with Crippen LogP contribution < -0.4 is 0 Å². The van der Waals surface area contributed by atoms with Gasteiger partial charge in [-0.3, -0.25) is 0 Å². The molecule has 1 fully saturated rings. The van der Waals surface area contributed by atoms with Gasteiger partial charge in [0.2, 0.25) is 0 Å². The maximum absolute atomic E-state index is 4.47. The second-order valence-electron chi connectivity index (χ2n) is 6.30. The average Bonchev–Trinajstić information content (AvgIpc) is 3.06. The summed E-state index contributed by atoms with van der Waals surface area (Å²) in [7, 11) is 0. The molecule has 2 aromatic heterocycles. The van der Waals surface area contributed by atoms with Gasteiger partial charge in [0.15, 0.2) is 0 Å². The van der Waals surface area contributed by atoms with E-state index >= 15 is 0 Å². The fourth-order valence-electron chi connectivity index (χ4n) is 3.84. The van der Waals surface area contributed by atoms with Crippen LogP contribution in [0.25, 0.3) is 0 Å². The van der Waals surface area contributed by atoms with E-state index in [1.54, 1.807) is 0 Å². The number of aromatic nitrogens is 5. The van der Waals surface area contributed by atoms with Gasteiger partial charge in [-0.1, -0.05) is 6.42 Å². The Bertz CT molecular complexity index is 571. The summed E-state index contributed by atoms with van der Waals surface area (Å²) in [6, 6.07) is 0. The normalized spacial score (nSPS) is 25.2. The highest BCUT2D eigenvalue weighted by molar-refractivity contribution is 5.01. The molecule has 4 rings (SSSR count). The van der Waals surface area contributed by atoms with Gasteiger partial charge in [0.1, 0.15) is 11.6 Å². The van der Waals surface area contributed by atoms with E-state index in [4.69, 9.17) is 0 Å². The Hall–Kier alpha value is -1.65. The Morgan fingerprint density at radius 3 is 3.05 bits per heavy atom. The summed E-state index contributed by atoms with van der Waals surface area (Å²) in [5.74, 6) is 4.07. The standard InChI is InChI=1S/C15H21N5/c1-2-12-8-13(3-1)10-20-14(17-18-15(20)9-12)4-6-19-7-5-16-11-19/h5,7,11-13H,1-4,6,8-10H2. The zero-order valence-electron chi connectivity index (χ0n) is 11.8. The van der Waals surface area contributed by atoms with E-state index in [2.05, 4.69) is 24.3 Å². The molecule has 0 aromatic carbocycles. The van der Waals surface area contributed by atoms with Gasteiger partial charge >= 0.3 is 0 Å². The Kier molecular flexibility index (Phi) is 3.05. The van der Waals surface area contributed by atoms with E-state index < -0.39 is 0 Å². The van der Waals surface area contributed by atoms with Crippen molar-refractivity contribution in [2.24, 2.45) is 11.8 Å². The lowest BCUT2D eigenvalue weighted by molar-refractivity contribution is 0.260. The van der Waals surface area contributed by atoms with Crippen molar-refractivity contribution in [3.63, 3.8) is 0 Å². The topological polar surface area (TPSA) is 48.5 Å². The smallest absolute Gasteiger partial charge is 0.134 e. The van der Waals surface area contributed by atoms with Crippen LogP contribution >= 0.6 is 0 Å². The third-order valence-corrected chi connectivity index (χ3v) is 4.86. The van der Waals surface area contributed by atoms with Gasteiger partial charge in [-0.15, -0.1) is 10.2 Å². The molecule has 5 nitrogen and oxygen atoms in total. The van der Waals surface area contributed by atoms with Gasteiger partial charge in [0, 0.05) is 38.3 Å². The van der Waals surface area contributed by atoms with Crippen LogP contribution in [0.1, 0.15) is 37.3 Å². The molecule has 20 heavy (non-hydrogen) atoms. The molecule has 1 aliphatic carbocycles. The van der Waals surface area contributed by atoms with Gasteiger partial charge in [-0.05, 0) is 31.1 Å². The molecule has 2 atom stereocenters. The van der Waals surface area contributed by atoms with Crippen LogP contribution in [0.15, 0.2) is 18.7 Å². The lowest BCUT2D eigenvalue weighted by Crippen LogP contribution is -2.18. The van der Waals surface area contributed by atoms with Crippen LogP contribution in [0, 0.1) is 11.8 Å². The van der Waals surface area contributed by atoms with Crippen LogP contribution in [0.4, 0.5) is 0 Å². The maximum atomic E-state index is 4.47. The lowest BCUT2D eigenvalue weighted by atomic mass is 9.81. The van der Waals surface area contributed by atoms with Crippen molar-refractivity contribution < 1.29 is 0 Å². The number of aryl methyl sites for hydroxylation is 2. The van der Waals surface area contributed by atoms with Crippen LogP contribution in [-0.2, 0) is 25.9 Å². The predicted octanol–water partition coefficient (Wildman–Crippen LogP) is 2.08. The third kappa shape index (κ3) is 2.25. The van der Waals surface area contributed by atoms with Crippen LogP contribution in [0.2, 0.25) is 0 Å². The first-order chi connectivity index (χ1) is 9.88. The van der Waals surface area contributed by atoms with Crippen molar-refractivity contribution in [1.29, 1.82) is 0 Å². The molecule has 1 saturated carbocycles. The Labute approximate surface area is 119 Å². The predicted molar refractivity (Wildman–Crippen MR) is 75.1 cm³/mol. The first-order valence-corrected chi connectivity index (χ1v) is 7.75. The molecule has 0 radical (unpaired) electrons. The molecule has 0 spiro atoms. The van der Waals surface area contributed by atoms with Crippen molar-refractivity contribution >= 4 is 0 Å². The van der Waals surface area contributed by atoms with Crippen LogP contribution in [0.3, 0.4) is 0 Å². The van der Waals surface area contributed by atoms with E-state index in [1.807, 2.05) is 18.7 Å². The molecule has 3 heterocycles. The summed E-state index contributed by atoms with van der Waals surface area (Å²) in [4.78, 5) is 4.09. The number of nitrogens with zero attached hydrogens (tertiary/aromatic N) is 5. The van der Waals surface area contributed by atoms with E-state index in [1.165, 1.54) is 31.5 Å². The summed E-state index contributed by atoms with van der Waals surface area (Å²) in [5.41, 5.74) is 0. The van der Waals surface area contributed by atoms with Crippen molar-refractivity contribution in [2.45, 2.75) is 51.6 Å². The molecule has 1 aliphatic heterocycles. The third-order valence-electron chi connectivity index (χ3n) is 4.86. The molecule has 0 amide bonds. The van der Waals surface area contributed by atoms with E-state index in [9.17, 15) is 0 Å². The van der Waals surface area contributed by atoms with Crippen LogP contribution in [0.5, 0.6) is 0 Å². The number of rotatable bonds is 3. The molecular formula is C15H21N5. The summed E-state index contributed by atoms with van der Waals surface area (Å²) in [6.07, 6.45) is 13.3. The average molecular weight is 271 g/mol. The molecule has 2 unspecified atom stereocenters. The molecular weight excluding hydrogens is 250 g/mol. The van der Waals surface area contributed by atoms with Gasteiger partial charge in [0.25, 0.3) is 0 Å². The van der Waals surface area contributed by atoms with Crippen molar-refractivity contribution in [3.05, 3.63) is 30.4 Å². The minimum Gasteiger partial charge on any atom is -0.337 e. The molecule has 5 heteroatoms. The zero-order valence-corrected chi connectivity index (χ0v) is 11.8. The van der Waals surface area contributed by atoms with Crippen molar-refractivity contribution in [2.75, 3.05) is 0 Å². The number of imidazole rings is 1. The SMILES string of the molecule is c1cn(CCc2nnc3n2CC2CCCC(C3)C2)cn1. The van der Waals surface area contributed by atoms with Gasteiger partial charge in [0.05, 0.1) is 6.33 Å². The highest BCUT2D eigenvalue weighted by Gasteiger charge is 2.29. The summed E-state index contributed by atoms with van der Waals surface area (Å²) in [5, 5.41) is 8.91. The summed E-state index contributed by atoms with van der Waals surface area (Å²) < 4.78 is 4.52. The Morgan fingerprint density at radius 1 is 1.20 bits per heavy atom. The van der Waals surface area contributed by atoms with Crippen molar-refractivity contribution in [3.8, 4) is 0 Å². The highest BCUT2D eigenvalue weighted by Crippen LogP contribution is 2.35. The minimum absolute atomic E-state index is 0.845. The highest BCUT2D eigenvalue weighted by atomic mass is 15.3. The van der Waals surface area contributed by atoms with Gasteiger partial charge in [-0.25, -0.2) is 4.98 Å². The Morgan fingerprint density at radius 2 is 2.15 bits per heavy atom. The molecule has 0 N–H and O–H groups in total. The fraction of sp³-hybridized carbons (Fsp3) is 0.667. The summed E-state index contributed by atoms with van der Waals surface area (Å²) in [6.45, 7) is 2.07. The van der Waals surface area contributed by atoms with E-state index in [0.717, 1.165) is 43.6 Å². The van der Waals surface area contributed by atoms with E-state index in [0.29, 0.717) is 0 Å². The van der Waals surface area contributed by atoms with Gasteiger partial charge < -0.3 is 9.13 Å². The largest absolute Gasteiger partial charge is 0.337 e. The number of hydrogen-bond donors (Lipinski definition) is 0. The molecule has 2 aliphatic rings. The molecule has 0 saturated heterocycles. The molecule has 2 bridgehead atoms. The molecule has 106 valence electrons. The second kappa shape index (κ2) is 5.04. The minimum atomic E-state index is 0.845. The van der Waals surface area contributed by atoms with E-state index in [-0.39, 0.29) is 0 Å². The number of hydrogen-bond acceptors (Lipinski definition) is 3. The van der Waals surface area contributed by atoms with Crippen LogP contribution in [-0.4, -0.2) is 24.3 Å². The first kappa shape index (κ1) is 12.1. The maximum Gasteiger partial charge on any atom is 0.134 e. The monoisotopic (exact) mass is 271 g/mol. The quantitative estimate of drug-likeness (QED) is 0.858. The lowest BCUT2D eigenvalue weighted by Gasteiger charge is -2.25. The fourth-order valence-corrected chi connectivity index (χ4v) is 3.84. The van der Waals surface area contributed by atoms with Gasteiger partial charge in [-0.2, -0.15) is 0 Å². The second-order valence-corrected chi connectivity index (χ2v) is 6.30. The van der Waals surface area contributed by atoms with Crippen molar-refractivity contribution in [1.82, 2.24) is 24.3 Å². The first-order valence-electron chi connectivity index (χ1n) is 7.75.